The zero-order valence-corrected chi connectivity index (χ0v) is 13.4. The predicted octanol–water partition coefficient (Wildman–Crippen LogP) is 3.23. The Morgan fingerprint density at radius 1 is 1.08 bits per heavy atom. The topological polar surface area (TPSA) is 73.3 Å². The van der Waals surface area contributed by atoms with Crippen LogP contribution in [0.5, 0.6) is 11.5 Å². The summed E-state index contributed by atoms with van der Waals surface area (Å²) in [7, 11) is 0. The lowest BCUT2D eigenvalue weighted by molar-refractivity contribution is 0.102. The number of ether oxygens (including phenoxy) is 2. The number of hydrogen-bond acceptors (Lipinski definition) is 6. The van der Waals surface area contributed by atoms with Crippen LogP contribution in [0.3, 0.4) is 0 Å². The molecule has 2 aromatic heterocycles. The zero-order chi connectivity index (χ0) is 16.4. The minimum atomic E-state index is -0.261. The average molecular weight is 339 g/mol. The van der Waals surface area contributed by atoms with Crippen LogP contribution in [0.1, 0.15) is 10.5 Å². The molecule has 6 nitrogen and oxygen atoms in total. The van der Waals surface area contributed by atoms with Crippen molar-refractivity contribution in [2.75, 3.05) is 18.5 Å². The first-order chi connectivity index (χ1) is 11.8. The lowest BCUT2D eigenvalue weighted by atomic mass is 10.2. The van der Waals surface area contributed by atoms with Gasteiger partial charge in [0, 0.05) is 35.1 Å². The second kappa shape index (κ2) is 6.29. The number of aromatic nitrogens is 2. The van der Waals surface area contributed by atoms with Crippen LogP contribution in [0.15, 0.2) is 48.1 Å². The average Bonchev–Trinajstić information content (AvgIpc) is 3.13. The zero-order valence-electron chi connectivity index (χ0n) is 12.6. The highest BCUT2D eigenvalue weighted by Crippen LogP contribution is 2.32. The molecule has 0 saturated heterocycles. The Labute approximate surface area is 142 Å². The molecule has 1 aromatic carbocycles. The van der Waals surface area contributed by atoms with E-state index in [2.05, 4.69) is 15.3 Å². The molecule has 0 radical (unpaired) electrons. The lowest BCUT2D eigenvalue weighted by Crippen LogP contribution is -2.16. The molecule has 0 unspecified atom stereocenters. The maximum Gasteiger partial charge on any atom is 0.275 e. The number of carbonyl (C=O) groups excluding carboxylic acids is 1. The van der Waals surface area contributed by atoms with Crippen molar-refractivity contribution in [2.45, 2.75) is 0 Å². The molecular formula is C17H13N3O3S. The molecule has 0 bridgehead atoms. The summed E-state index contributed by atoms with van der Waals surface area (Å²) in [6.07, 6.45) is 3.40. The van der Waals surface area contributed by atoms with Gasteiger partial charge in [0.05, 0.1) is 0 Å². The molecule has 0 spiro atoms. The summed E-state index contributed by atoms with van der Waals surface area (Å²) in [6.45, 7) is 1.04. The van der Waals surface area contributed by atoms with E-state index in [0.29, 0.717) is 36.1 Å². The largest absolute Gasteiger partial charge is 0.486 e. The van der Waals surface area contributed by atoms with Gasteiger partial charge in [-0.15, -0.1) is 11.3 Å². The van der Waals surface area contributed by atoms with Crippen molar-refractivity contribution in [3.63, 3.8) is 0 Å². The highest BCUT2D eigenvalue weighted by molar-refractivity contribution is 7.13. The van der Waals surface area contributed by atoms with Crippen LogP contribution >= 0.6 is 11.3 Å². The van der Waals surface area contributed by atoms with Gasteiger partial charge in [0.1, 0.15) is 23.9 Å². The van der Waals surface area contributed by atoms with Crippen molar-refractivity contribution in [1.29, 1.82) is 0 Å². The van der Waals surface area contributed by atoms with Crippen molar-refractivity contribution < 1.29 is 14.3 Å². The molecule has 0 aliphatic carbocycles. The third-order valence-electron chi connectivity index (χ3n) is 3.46. The molecule has 0 atom stereocenters. The molecule has 120 valence electrons. The van der Waals surface area contributed by atoms with Crippen molar-refractivity contribution in [2.24, 2.45) is 0 Å². The van der Waals surface area contributed by atoms with Gasteiger partial charge in [0.25, 0.3) is 5.91 Å². The number of amides is 1. The molecule has 1 aliphatic heterocycles. The van der Waals surface area contributed by atoms with Crippen molar-refractivity contribution in [3.05, 3.63) is 53.8 Å². The molecule has 3 aromatic rings. The SMILES string of the molecule is O=C(Nc1ccc2c(c1)OCCO2)c1csc(-c2ccncc2)n1. The molecular weight excluding hydrogens is 326 g/mol. The van der Waals surface area contributed by atoms with E-state index in [1.165, 1.54) is 11.3 Å². The monoisotopic (exact) mass is 339 g/mol. The highest BCUT2D eigenvalue weighted by Gasteiger charge is 2.15. The number of nitrogens with one attached hydrogen (secondary N) is 1. The Morgan fingerprint density at radius 2 is 1.88 bits per heavy atom. The number of anilines is 1. The van der Waals surface area contributed by atoms with Gasteiger partial charge in [0.15, 0.2) is 11.5 Å². The van der Waals surface area contributed by atoms with E-state index in [1.807, 2.05) is 12.1 Å². The molecule has 0 saturated carbocycles. The first-order valence-electron chi connectivity index (χ1n) is 7.36. The summed E-state index contributed by atoms with van der Waals surface area (Å²) in [6, 6.07) is 9.04. The van der Waals surface area contributed by atoms with E-state index in [4.69, 9.17) is 9.47 Å². The fourth-order valence-corrected chi connectivity index (χ4v) is 3.13. The second-order valence-corrected chi connectivity index (χ2v) is 5.94. The number of nitrogens with zero attached hydrogens (tertiary/aromatic N) is 2. The molecule has 1 aliphatic rings. The van der Waals surface area contributed by atoms with E-state index in [9.17, 15) is 4.79 Å². The van der Waals surface area contributed by atoms with E-state index in [-0.39, 0.29) is 5.91 Å². The summed E-state index contributed by atoms with van der Waals surface area (Å²) in [5, 5.41) is 5.35. The van der Waals surface area contributed by atoms with Crippen LogP contribution in [-0.2, 0) is 0 Å². The molecule has 7 heteroatoms. The van der Waals surface area contributed by atoms with Crippen molar-refractivity contribution in [3.8, 4) is 22.1 Å². The van der Waals surface area contributed by atoms with Gasteiger partial charge in [0.2, 0.25) is 0 Å². The van der Waals surface area contributed by atoms with Gasteiger partial charge < -0.3 is 14.8 Å². The van der Waals surface area contributed by atoms with E-state index >= 15 is 0 Å². The summed E-state index contributed by atoms with van der Waals surface area (Å²) in [5.74, 6) is 1.06. The van der Waals surface area contributed by atoms with Crippen molar-refractivity contribution in [1.82, 2.24) is 9.97 Å². The summed E-state index contributed by atoms with van der Waals surface area (Å²) < 4.78 is 11.0. The van der Waals surface area contributed by atoms with Gasteiger partial charge in [-0.25, -0.2) is 4.98 Å². The number of benzene rings is 1. The third kappa shape index (κ3) is 2.93. The molecule has 4 rings (SSSR count). The fraction of sp³-hybridized carbons (Fsp3) is 0.118. The number of carbonyl (C=O) groups is 1. The molecule has 3 heterocycles. The van der Waals surface area contributed by atoms with Crippen molar-refractivity contribution >= 4 is 22.9 Å². The van der Waals surface area contributed by atoms with E-state index in [0.717, 1.165) is 10.6 Å². The van der Waals surface area contributed by atoms with Crippen LogP contribution < -0.4 is 14.8 Å². The Balaban J connectivity index is 1.51. The smallest absolute Gasteiger partial charge is 0.275 e. The first kappa shape index (κ1) is 14.6. The highest BCUT2D eigenvalue weighted by atomic mass is 32.1. The number of rotatable bonds is 3. The standard InChI is InChI=1S/C17H13N3O3S/c21-16(13-10-24-17(20-13)11-3-5-18-6-4-11)19-12-1-2-14-15(9-12)23-8-7-22-14/h1-6,9-10H,7-8H2,(H,19,21). The Morgan fingerprint density at radius 3 is 2.71 bits per heavy atom. The van der Waals surface area contributed by atoms with Crippen LogP contribution in [0.25, 0.3) is 10.6 Å². The maximum atomic E-state index is 12.4. The van der Waals surface area contributed by atoms with E-state index < -0.39 is 0 Å². The molecule has 0 fully saturated rings. The predicted molar refractivity (Wildman–Crippen MR) is 90.7 cm³/mol. The van der Waals surface area contributed by atoms with Gasteiger partial charge in [-0.05, 0) is 24.3 Å². The number of hydrogen-bond donors (Lipinski definition) is 1. The Kier molecular flexibility index (Phi) is 3.84. The van der Waals surface area contributed by atoms with Gasteiger partial charge >= 0.3 is 0 Å². The first-order valence-corrected chi connectivity index (χ1v) is 8.24. The van der Waals surface area contributed by atoms with Gasteiger partial charge in [-0.2, -0.15) is 0 Å². The molecule has 1 N–H and O–H groups in total. The minimum Gasteiger partial charge on any atom is -0.486 e. The normalized spacial score (nSPS) is 12.7. The van der Waals surface area contributed by atoms with Gasteiger partial charge in [-0.1, -0.05) is 0 Å². The van der Waals surface area contributed by atoms with Gasteiger partial charge in [-0.3, -0.25) is 9.78 Å². The molecule has 24 heavy (non-hydrogen) atoms. The minimum absolute atomic E-state index is 0.261. The number of pyridine rings is 1. The summed E-state index contributed by atoms with van der Waals surface area (Å²) >= 11 is 1.42. The Hall–Kier alpha value is -2.93. The second-order valence-electron chi connectivity index (χ2n) is 5.09. The number of fused-ring (bicyclic) bond motifs is 1. The lowest BCUT2D eigenvalue weighted by Gasteiger charge is -2.18. The maximum absolute atomic E-state index is 12.4. The van der Waals surface area contributed by atoms with Crippen LogP contribution in [-0.4, -0.2) is 29.1 Å². The number of thiazole rings is 1. The third-order valence-corrected chi connectivity index (χ3v) is 4.36. The summed E-state index contributed by atoms with van der Waals surface area (Å²) in [4.78, 5) is 20.7. The fourth-order valence-electron chi connectivity index (χ4n) is 2.32. The van der Waals surface area contributed by atoms with Crippen LogP contribution in [0.4, 0.5) is 5.69 Å². The molecule has 1 amide bonds. The van der Waals surface area contributed by atoms with Crippen LogP contribution in [0, 0.1) is 0 Å². The quantitative estimate of drug-likeness (QED) is 0.793. The van der Waals surface area contributed by atoms with E-state index in [1.54, 1.807) is 36.0 Å². The Bertz CT molecular complexity index is 880. The summed E-state index contributed by atoms with van der Waals surface area (Å²) in [5.41, 5.74) is 1.96. The van der Waals surface area contributed by atoms with Crippen LogP contribution in [0.2, 0.25) is 0 Å².